The molecular weight excluding hydrogens is 396 g/mol. The van der Waals surface area contributed by atoms with Crippen molar-refractivity contribution in [1.29, 1.82) is 0 Å². The molecule has 0 bridgehead atoms. The van der Waals surface area contributed by atoms with Gasteiger partial charge in [-0.1, -0.05) is 27.7 Å². The molecule has 23 heavy (non-hydrogen) atoms. The van der Waals surface area contributed by atoms with Gasteiger partial charge in [0.25, 0.3) is 0 Å². The molecule has 5 rings (SSSR count). The molecule has 3 heterocycles. The highest BCUT2D eigenvalue weighted by molar-refractivity contribution is 9.10. The summed E-state index contributed by atoms with van der Waals surface area (Å²) in [6, 6.07) is 10.2. The highest BCUT2D eigenvalue weighted by atomic mass is 79.9. The molecule has 0 aliphatic carbocycles. The average Bonchev–Trinajstić information content (AvgIpc) is 3.20. The molecule has 2 aliphatic rings. The molecule has 0 radical (unpaired) electrons. The Balaban J connectivity index is 1.50. The smallest absolute Gasteiger partial charge is 0.231 e. The minimum Gasteiger partial charge on any atom is -0.454 e. The van der Waals surface area contributed by atoms with Gasteiger partial charge in [0.15, 0.2) is 11.5 Å². The maximum absolute atomic E-state index is 5.42. The normalized spacial score (nSPS) is 16.8. The van der Waals surface area contributed by atoms with E-state index in [1.165, 1.54) is 4.90 Å². The van der Waals surface area contributed by atoms with Gasteiger partial charge < -0.3 is 14.8 Å². The van der Waals surface area contributed by atoms with Gasteiger partial charge in [0.05, 0.1) is 20.9 Å². The number of anilines is 1. The number of thiazole rings is 1. The van der Waals surface area contributed by atoms with Crippen molar-refractivity contribution in [3.8, 4) is 11.5 Å². The van der Waals surface area contributed by atoms with Crippen LogP contribution < -0.4 is 14.8 Å². The summed E-state index contributed by atoms with van der Waals surface area (Å²) in [5.74, 6) is 1.57. The fourth-order valence-corrected chi connectivity index (χ4v) is 4.82. The molecule has 1 aromatic heterocycles. The van der Waals surface area contributed by atoms with Gasteiger partial charge >= 0.3 is 0 Å². The lowest BCUT2D eigenvalue weighted by atomic mass is 10.3. The van der Waals surface area contributed by atoms with E-state index in [1.807, 2.05) is 12.1 Å². The maximum atomic E-state index is 5.42. The lowest BCUT2D eigenvalue weighted by Crippen LogP contribution is -1.92. The molecule has 114 valence electrons. The molecule has 0 saturated heterocycles. The van der Waals surface area contributed by atoms with Gasteiger partial charge in [-0.25, -0.2) is 4.98 Å². The minimum atomic E-state index is 0.290. The Bertz CT molecular complexity index is 943. The van der Waals surface area contributed by atoms with Crippen LogP contribution in [0.2, 0.25) is 0 Å². The molecule has 0 amide bonds. The second kappa shape index (κ2) is 5.15. The number of ether oxygens (including phenoxy) is 2. The molecule has 4 nitrogen and oxygen atoms in total. The van der Waals surface area contributed by atoms with Crippen molar-refractivity contribution >= 4 is 61.0 Å². The number of hydrogen-bond acceptors (Lipinski definition) is 6. The second-order valence-electron chi connectivity index (χ2n) is 5.10. The van der Waals surface area contributed by atoms with E-state index in [0.717, 1.165) is 41.9 Å². The largest absolute Gasteiger partial charge is 0.454 e. The second-order valence-corrected chi connectivity index (χ2v) is 8.16. The van der Waals surface area contributed by atoms with E-state index in [1.54, 1.807) is 23.1 Å². The summed E-state index contributed by atoms with van der Waals surface area (Å²) in [7, 11) is 0. The fourth-order valence-electron chi connectivity index (χ4n) is 2.54. The zero-order valence-corrected chi connectivity index (χ0v) is 14.8. The Morgan fingerprint density at radius 3 is 2.96 bits per heavy atom. The first-order valence-corrected chi connectivity index (χ1v) is 9.33. The van der Waals surface area contributed by atoms with Crippen molar-refractivity contribution in [2.45, 2.75) is 4.90 Å². The lowest BCUT2D eigenvalue weighted by Gasteiger charge is -1.97. The lowest BCUT2D eigenvalue weighted by molar-refractivity contribution is 0.174. The Labute approximate surface area is 148 Å². The zero-order valence-electron chi connectivity index (χ0n) is 11.6. The zero-order chi connectivity index (χ0) is 15.4. The van der Waals surface area contributed by atoms with Crippen LogP contribution in [0.1, 0.15) is 5.01 Å². The van der Waals surface area contributed by atoms with Crippen molar-refractivity contribution < 1.29 is 9.47 Å². The van der Waals surface area contributed by atoms with Crippen LogP contribution in [0.5, 0.6) is 11.5 Å². The van der Waals surface area contributed by atoms with Crippen LogP contribution in [0.3, 0.4) is 0 Å². The third kappa shape index (κ3) is 2.39. The number of hydrogen-bond donors (Lipinski definition) is 1. The van der Waals surface area contributed by atoms with E-state index < -0.39 is 0 Å². The fraction of sp³-hybridized carbons (Fsp3) is 0.0625. The molecular formula is C16H9BrN2O2S2. The van der Waals surface area contributed by atoms with Crippen molar-refractivity contribution in [2.24, 2.45) is 0 Å². The van der Waals surface area contributed by atoms with Crippen molar-refractivity contribution in [1.82, 2.24) is 4.98 Å². The molecule has 1 N–H and O–H groups in total. The van der Waals surface area contributed by atoms with Crippen LogP contribution in [0.15, 0.2) is 44.7 Å². The molecule has 0 atom stereocenters. The Hall–Kier alpha value is -1.70. The van der Waals surface area contributed by atoms with Crippen LogP contribution in [-0.2, 0) is 0 Å². The quantitative estimate of drug-likeness (QED) is 0.595. The molecule has 2 aromatic carbocycles. The van der Waals surface area contributed by atoms with Gasteiger partial charge in [0, 0.05) is 27.6 Å². The molecule has 0 saturated carbocycles. The summed E-state index contributed by atoms with van der Waals surface area (Å²) in [6.07, 6.45) is 2.08. The monoisotopic (exact) mass is 404 g/mol. The van der Waals surface area contributed by atoms with Gasteiger partial charge in [-0.2, -0.15) is 0 Å². The standard InChI is InChI=1S/C16H9BrN2O2S2/c17-8-1-2-13-9(3-8)18-15(22-13)6-16-19-10-4-11-12(21-7-20-11)5-14(10)23-16/h1-6,18H,7H2/b15-6-. The van der Waals surface area contributed by atoms with Crippen LogP contribution in [0, 0.1) is 0 Å². The van der Waals surface area contributed by atoms with Crippen LogP contribution in [0.4, 0.5) is 5.69 Å². The van der Waals surface area contributed by atoms with Crippen LogP contribution in [-0.4, -0.2) is 11.8 Å². The van der Waals surface area contributed by atoms with E-state index in [0.29, 0.717) is 0 Å². The van der Waals surface area contributed by atoms with Gasteiger partial charge in [-0.3, -0.25) is 0 Å². The van der Waals surface area contributed by atoms with Gasteiger partial charge in [0.2, 0.25) is 6.79 Å². The topological polar surface area (TPSA) is 43.4 Å². The third-order valence-electron chi connectivity index (χ3n) is 3.57. The van der Waals surface area contributed by atoms with Crippen molar-refractivity contribution in [3.63, 3.8) is 0 Å². The summed E-state index contributed by atoms with van der Waals surface area (Å²) < 4.78 is 13.0. The number of benzene rings is 2. The number of halogens is 1. The van der Waals surface area contributed by atoms with Crippen molar-refractivity contribution in [3.05, 3.63) is 44.8 Å². The van der Waals surface area contributed by atoms with E-state index >= 15 is 0 Å². The minimum absolute atomic E-state index is 0.290. The molecule has 7 heteroatoms. The van der Waals surface area contributed by atoms with Gasteiger partial charge in [0.1, 0.15) is 5.01 Å². The van der Waals surface area contributed by atoms with Gasteiger partial charge in [-0.15, -0.1) is 11.3 Å². The van der Waals surface area contributed by atoms with Crippen LogP contribution in [0.25, 0.3) is 16.3 Å². The first-order valence-electron chi connectivity index (χ1n) is 6.91. The molecule has 0 unspecified atom stereocenters. The predicted octanol–water partition coefficient (Wildman–Crippen LogP) is 5.30. The number of nitrogens with zero attached hydrogens (tertiary/aromatic N) is 1. The first-order chi connectivity index (χ1) is 11.2. The Morgan fingerprint density at radius 1 is 1.17 bits per heavy atom. The Morgan fingerprint density at radius 2 is 2.04 bits per heavy atom. The summed E-state index contributed by atoms with van der Waals surface area (Å²) in [6.45, 7) is 0.290. The molecule has 3 aromatic rings. The van der Waals surface area contributed by atoms with E-state index in [9.17, 15) is 0 Å². The summed E-state index contributed by atoms with van der Waals surface area (Å²) in [5, 5.41) is 5.47. The number of fused-ring (bicyclic) bond motifs is 3. The number of thioether (sulfide) groups is 1. The predicted molar refractivity (Wildman–Crippen MR) is 97.3 cm³/mol. The summed E-state index contributed by atoms with van der Waals surface area (Å²) in [5.41, 5.74) is 2.06. The number of nitrogens with one attached hydrogen (secondary N) is 1. The molecule has 0 fully saturated rings. The first kappa shape index (κ1) is 13.7. The van der Waals surface area contributed by atoms with E-state index in [2.05, 4.69) is 50.5 Å². The molecule has 0 spiro atoms. The average molecular weight is 405 g/mol. The van der Waals surface area contributed by atoms with Crippen molar-refractivity contribution in [2.75, 3.05) is 12.1 Å². The van der Waals surface area contributed by atoms with Gasteiger partial charge in [-0.05, 0) is 18.2 Å². The summed E-state index contributed by atoms with van der Waals surface area (Å²) in [4.78, 5) is 5.90. The van der Waals surface area contributed by atoms with E-state index in [4.69, 9.17) is 9.47 Å². The summed E-state index contributed by atoms with van der Waals surface area (Å²) >= 11 is 6.86. The maximum Gasteiger partial charge on any atom is 0.231 e. The molecule has 2 aliphatic heterocycles. The third-order valence-corrected chi connectivity index (χ3v) is 6.05. The highest BCUT2D eigenvalue weighted by Crippen LogP contribution is 2.43. The highest BCUT2D eigenvalue weighted by Gasteiger charge is 2.18. The SMILES string of the molecule is Brc1ccc2c(c1)N/C(=C/c1nc3cc4c(cc3s1)OCO4)S2. The number of rotatable bonds is 1. The van der Waals surface area contributed by atoms with Crippen LogP contribution >= 0.6 is 39.0 Å². The number of aromatic nitrogens is 1. The van der Waals surface area contributed by atoms with E-state index in [-0.39, 0.29) is 6.79 Å². The Kier molecular flexibility index (Phi) is 3.07.